The molecule has 2 N–H and O–H groups in total. The smallest absolute Gasteiger partial charge is 0.0375 e. The van der Waals surface area contributed by atoms with Crippen molar-refractivity contribution in [1.82, 2.24) is 5.32 Å². The number of nitrogens with one attached hydrogen (secondary N) is 2. The summed E-state index contributed by atoms with van der Waals surface area (Å²) in [5.74, 6) is 0.801. The number of hydrogen-bond donors (Lipinski definition) is 2. The maximum Gasteiger partial charge on any atom is 0.0375 e. The second-order valence-corrected chi connectivity index (χ2v) is 7.47. The molecule has 21 heavy (non-hydrogen) atoms. The van der Waals surface area contributed by atoms with Gasteiger partial charge in [0.15, 0.2) is 0 Å². The van der Waals surface area contributed by atoms with Gasteiger partial charge in [-0.05, 0) is 68.3 Å². The van der Waals surface area contributed by atoms with Gasteiger partial charge in [0.25, 0.3) is 0 Å². The number of benzene rings is 1. The fraction of sp³-hybridized carbons (Fsp3) is 0.667. The van der Waals surface area contributed by atoms with Crippen molar-refractivity contribution in [2.45, 2.75) is 64.0 Å². The lowest BCUT2D eigenvalue weighted by atomic mass is 9.79. The van der Waals surface area contributed by atoms with Crippen LogP contribution in [0.2, 0.25) is 0 Å². The summed E-state index contributed by atoms with van der Waals surface area (Å²) in [6.45, 7) is 3.45. The first-order chi connectivity index (χ1) is 10.3. The van der Waals surface area contributed by atoms with Crippen molar-refractivity contribution in [1.29, 1.82) is 0 Å². The van der Waals surface area contributed by atoms with Crippen LogP contribution >= 0.6 is 15.9 Å². The first-order valence-corrected chi connectivity index (χ1v) is 9.35. The quantitative estimate of drug-likeness (QED) is 0.819. The second kappa shape index (κ2) is 7.15. The third-order valence-corrected chi connectivity index (χ3v) is 5.72. The summed E-state index contributed by atoms with van der Waals surface area (Å²) in [6.07, 6.45) is 9.29. The maximum atomic E-state index is 3.89. The van der Waals surface area contributed by atoms with Crippen molar-refractivity contribution in [3.8, 4) is 0 Å². The summed E-state index contributed by atoms with van der Waals surface area (Å²) >= 11 is 3.59. The van der Waals surface area contributed by atoms with E-state index < -0.39 is 0 Å². The lowest BCUT2D eigenvalue weighted by Gasteiger charge is -2.37. The minimum Gasteiger partial charge on any atom is -0.382 e. The highest BCUT2D eigenvalue weighted by molar-refractivity contribution is 9.10. The predicted octanol–water partition coefficient (Wildman–Crippen LogP) is 4.73. The summed E-state index contributed by atoms with van der Waals surface area (Å²) in [4.78, 5) is 0. The molecule has 3 atom stereocenters. The maximum absolute atomic E-state index is 3.89. The molecule has 116 valence electrons. The molecule has 3 heteroatoms. The number of halogens is 1. The highest BCUT2D eigenvalue weighted by atomic mass is 79.9. The van der Waals surface area contributed by atoms with Crippen molar-refractivity contribution in [3.63, 3.8) is 0 Å². The van der Waals surface area contributed by atoms with E-state index in [1.165, 1.54) is 60.8 Å². The Morgan fingerprint density at radius 3 is 2.81 bits per heavy atom. The van der Waals surface area contributed by atoms with E-state index in [4.69, 9.17) is 0 Å². The van der Waals surface area contributed by atoms with Crippen LogP contribution in [0.5, 0.6) is 0 Å². The lowest BCUT2D eigenvalue weighted by molar-refractivity contribution is 0.262. The Kier molecular flexibility index (Phi) is 5.23. The summed E-state index contributed by atoms with van der Waals surface area (Å²) < 4.78 is 1.18. The first kappa shape index (κ1) is 15.4. The van der Waals surface area contributed by atoms with Crippen molar-refractivity contribution in [2.24, 2.45) is 5.92 Å². The van der Waals surface area contributed by atoms with Gasteiger partial charge in [0.1, 0.15) is 0 Å². The van der Waals surface area contributed by atoms with Crippen LogP contribution in [0.15, 0.2) is 22.7 Å². The Labute approximate surface area is 137 Å². The van der Waals surface area contributed by atoms with E-state index in [0.717, 1.165) is 18.4 Å². The van der Waals surface area contributed by atoms with Gasteiger partial charge in [0.05, 0.1) is 0 Å². The molecule has 1 aromatic rings. The van der Waals surface area contributed by atoms with Gasteiger partial charge >= 0.3 is 0 Å². The van der Waals surface area contributed by atoms with Gasteiger partial charge in [-0.2, -0.15) is 0 Å². The minimum atomic E-state index is 0.640. The van der Waals surface area contributed by atoms with E-state index in [9.17, 15) is 0 Å². The predicted molar refractivity (Wildman–Crippen MR) is 93.9 cm³/mol. The third-order valence-electron chi connectivity index (χ3n) is 5.22. The fourth-order valence-corrected chi connectivity index (χ4v) is 4.50. The van der Waals surface area contributed by atoms with Gasteiger partial charge < -0.3 is 10.6 Å². The summed E-state index contributed by atoms with van der Waals surface area (Å²) in [7, 11) is 0. The van der Waals surface area contributed by atoms with Gasteiger partial charge in [-0.3, -0.25) is 0 Å². The molecule has 0 bridgehead atoms. The number of hydrogen-bond acceptors (Lipinski definition) is 2. The van der Waals surface area contributed by atoms with Crippen LogP contribution < -0.4 is 10.6 Å². The average Bonchev–Trinajstić information content (AvgIpc) is 3.03. The van der Waals surface area contributed by atoms with E-state index in [2.05, 4.69) is 51.7 Å². The molecular formula is C18H27BrN2. The van der Waals surface area contributed by atoms with Gasteiger partial charge in [-0.15, -0.1) is 0 Å². The molecule has 2 nitrogen and oxygen atoms in total. The zero-order valence-corrected chi connectivity index (χ0v) is 14.6. The molecule has 3 unspecified atom stereocenters. The Balaban J connectivity index is 1.75. The lowest BCUT2D eigenvalue weighted by Crippen LogP contribution is -2.43. The van der Waals surface area contributed by atoms with Crippen LogP contribution in [-0.4, -0.2) is 18.6 Å². The minimum absolute atomic E-state index is 0.640. The standard InChI is InChI=1S/C18H27BrN2/c1-2-13-12-14(19)9-10-16(13)21-18-7-4-3-6-15(18)17-8-5-11-20-17/h9-10,12,15,17-18,20-21H,2-8,11H2,1H3. The van der Waals surface area contributed by atoms with Gasteiger partial charge in [-0.1, -0.05) is 35.7 Å². The zero-order valence-electron chi connectivity index (χ0n) is 13.0. The Hall–Kier alpha value is -0.540. The molecule has 0 radical (unpaired) electrons. The van der Waals surface area contributed by atoms with Crippen molar-refractivity contribution in [2.75, 3.05) is 11.9 Å². The van der Waals surface area contributed by atoms with E-state index in [0.29, 0.717) is 6.04 Å². The van der Waals surface area contributed by atoms with E-state index in [-0.39, 0.29) is 0 Å². The molecule has 1 saturated carbocycles. The van der Waals surface area contributed by atoms with E-state index >= 15 is 0 Å². The molecule has 0 amide bonds. The Morgan fingerprint density at radius 1 is 1.19 bits per heavy atom. The molecule has 3 rings (SSSR count). The van der Waals surface area contributed by atoms with Gasteiger partial charge in [-0.25, -0.2) is 0 Å². The van der Waals surface area contributed by atoms with Crippen molar-refractivity contribution < 1.29 is 0 Å². The third kappa shape index (κ3) is 3.62. The first-order valence-electron chi connectivity index (χ1n) is 8.56. The molecule has 0 spiro atoms. The van der Waals surface area contributed by atoms with Gasteiger partial charge in [0, 0.05) is 22.2 Å². The molecule has 0 aromatic heterocycles. The summed E-state index contributed by atoms with van der Waals surface area (Å²) in [6, 6.07) is 8.04. The molecule has 1 aromatic carbocycles. The fourth-order valence-electron chi connectivity index (χ4n) is 4.09. The molecule has 1 aliphatic heterocycles. The average molecular weight is 351 g/mol. The zero-order chi connectivity index (χ0) is 14.7. The number of aryl methyl sites for hydroxylation is 1. The van der Waals surface area contributed by atoms with Crippen LogP contribution in [-0.2, 0) is 6.42 Å². The Morgan fingerprint density at radius 2 is 2.05 bits per heavy atom. The SMILES string of the molecule is CCc1cc(Br)ccc1NC1CCCCC1C1CCCN1. The second-order valence-electron chi connectivity index (χ2n) is 6.56. The van der Waals surface area contributed by atoms with E-state index in [1.807, 2.05) is 0 Å². The summed E-state index contributed by atoms with van der Waals surface area (Å²) in [5.41, 5.74) is 2.77. The van der Waals surface area contributed by atoms with Crippen LogP contribution in [0, 0.1) is 5.92 Å². The van der Waals surface area contributed by atoms with Crippen LogP contribution in [0.25, 0.3) is 0 Å². The Bertz CT molecular complexity index is 468. The molecule has 1 heterocycles. The topological polar surface area (TPSA) is 24.1 Å². The highest BCUT2D eigenvalue weighted by Crippen LogP contribution is 2.33. The molecule has 1 saturated heterocycles. The normalized spacial score (nSPS) is 29.5. The molecular weight excluding hydrogens is 324 g/mol. The van der Waals surface area contributed by atoms with E-state index in [1.54, 1.807) is 0 Å². The van der Waals surface area contributed by atoms with Crippen molar-refractivity contribution >= 4 is 21.6 Å². The highest BCUT2D eigenvalue weighted by Gasteiger charge is 2.33. The summed E-state index contributed by atoms with van der Waals surface area (Å²) in [5, 5.41) is 7.63. The monoisotopic (exact) mass is 350 g/mol. The van der Waals surface area contributed by atoms with Crippen molar-refractivity contribution in [3.05, 3.63) is 28.2 Å². The number of anilines is 1. The number of rotatable bonds is 4. The molecule has 2 fully saturated rings. The van der Waals surface area contributed by atoms with Crippen LogP contribution in [0.4, 0.5) is 5.69 Å². The molecule has 1 aliphatic carbocycles. The van der Waals surface area contributed by atoms with Gasteiger partial charge in [0.2, 0.25) is 0 Å². The molecule has 2 aliphatic rings. The largest absolute Gasteiger partial charge is 0.382 e. The van der Waals surface area contributed by atoms with Crippen LogP contribution in [0.3, 0.4) is 0 Å². The van der Waals surface area contributed by atoms with Crippen LogP contribution in [0.1, 0.15) is 51.0 Å².